The number of nitrogens with zero attached hydrogens (tertiary/aromatic N) is 6. The minimum Gasteiger partial charge on any atom is -0.368 e. The molecule has 2 heterocycles. The monoisotopic (exact) mass is 412 g/mol. The smallest absolute Gasteiger partial charge is 0.224 e. The molecule has 2 N–H and O–H groups in total. The number of nitrogens with one attached hydrogen (secondary N) is 2. The molecule has 9 nitrogen and oxygen atoms in total. The van der Waals surface area contributed by atoms with Crippen LogP contribution in [0.25, 0.3) is 0 Å². The number of benzene rings is 1. The van der Waals surface area contributed by atoms with E-state index in [1.165, 1.54) is 5.69 Å². The normalized spacial score (nSPS) is 14.7. The zero-order chi connectivity index (χ0) is 21.2. The summed E-state index contributed by atoms with van der Waals surface area (Å²) in [7, 11) is 1.73. The molecule has 0 spiro atoms. The van der Waals surface area contributed by atoms with Gasteiger partial charge in [-0.2, -0.15) is 0 Å². The van der Waals surface area contributed by atoms with Gasteiger partial charge in [-0.05, 0) is 12.1 Å². The molecule has 1 aromatic carbocycles. The number of aryl methyl sites for hydroxylation is 1. The van der Waals surface area contributed by atoms with E-state index in [9.17, 15) is 4.79 Å². The summed E-state index contributed by atoms with van der Waals surface area (Å²) >= 11 is 0. The third-order valence-corrected chi connectivity index (χ3v) is 5.27. The number of guanidine groups is 1. The molecule has 0 unspecified atom stereocenters. The highest BCUT2D eigenvalue weighted by molar-refractivity contribution is 5.81. The highest BCUT2D eigenvalue weighted by atomic mass is 16.2. The lowest BCUT2D eigenvalue weighted by Crippen LogP contribution is -2.49. The summed E-state index contributed by atoms with van der Waals surface area (Å²) in [5.41, 5.74) is 1.22. The Bertz CT molecular complexity index is 811. The van der Waals surface area contributed by atoms with Crippen molar-refractivity contribution in [2.75, 3.05) is 51.2 Å². The molecule has 2 aromatic rings. The number of anilines is 1. The molecule has 1 aliphatic rings. The van der Waals surface area contributed by atoms with E-state index in [2.05, 4.69) is 61.9 Å². The number of piperazine rings is 1. The van der Waals surface area contributed by atoms with Crippen molar-refractivity contribution < 1.29 is 4.79 Å². The second kappa shape index (κ2) is 11.2. The minimum atomic E-state index is 0.183. The lowest BCUT2D eigenvalue weighted by molar-refractivity contribution is -0.131. The number of carbonyl (C=O) groups is 1. The lowest BCUT2D eigenvalue weighted by Gasteiger charge is -2.36. The van der Waals surface area contributed by atoms with Gasteiger partial charge in [0.25, 0.3) is 0 Å². The molecule has 0 saturated carbocycles. The van der Waals surface area contributed by atoms with E-state index < -0.39 is 0 Å². The van der Waals surface area contributed by atoms with Crippen LogP contribution in [0.1, 0.15) is 19.2 Å². The molecule has 1 aromatic heterocycles. The molecule has 0 radical (unpaired) electrons. The average molecular weight is 413 g/mol. The number of aromatic nitrogens is 3. The predicted octanol–water partition coefficient (Wildman–Crippen LogP) is 0.744. The van der Waals surface area contributed by atoms with Crippen molar-refractivity contribution in [1.82, 2.24) is 30.3 Å². The Labute approximate surface area is 178 Å². The molecule has 0 atom stereocenters. The second-order valence-electron chi connectivity index (χ2n) is 7.17. The van der Waals surface area contributed by atoms with Gasteiger partial charge in [0.2, 0.25) is 5.91 Å². The molecule has 0 aliphatic carbocycles. The largest absolute Gasteiger partial charge is 0.368 e. The first-order valence-electron chi connectivity index (χ1n) is 10.6. The summed E-state index contributed by atoms with van der Waals surface area (Å²) < 4.78 is 2.03. The fourth-order valence-electron chi connectivity index (χ4n) is 3.55. The van der Waals surface area contributed by atoms with Gasteiger partial charge >= 0.3 is 0 Å². The first-order valence-corrected chi connectivity index (χ1v) is 10.6. The van der Waals surface area contributed by atoms with Crippen molar-refractivity contribution in [2.45, 2.75) is 26.3 Å². The van der Waals surface area contributed by atoms with E-state index in [1.807, 2.05) is 15.5 Å². The van der Waals surface area contributed by atoms with Crippen LogP contribution in [0.4, 0.5) is 5.69 Å². The Balaban J connectivity index is 1.33. The molecule has 9 heteroatoms. The second-order valence-corrected chi connectivity index (χ2v) is 7.17. The van der Waals surface area contributed by atoms with Crippen molar-refractivity contribution in [2.24, 2.45) is 4.99 Å². The number of para-hydroxylation sites is 1. The average Bonchev–Trinajstić information content (AvgIpc) is 3.26. The predicted molar refractivity (Wildman–Crippen MR) is 119 cm³/mol. The first-order chi connectivity index (χ1) is 14.7. The van der Waals surface area contributed by atoms with Crippen LogP contribution >= 0.6 is 0 Å². The number of rotatable bonds is 8. The molecular formula is C21H32N8O. The van der Waals surface area contributed by atoms with Crippen LogP contribution in [0.5, 0.6) is 0 Å². The molecule has 0 bridgehead atoms. The summed E-state index contributed by atoms with van der Waals surface area (Å²) in [6.07, 6.45) is 3.05. The van der Waals surface area contributed by atoms with Crippen molar-refractivity contribution in [1.29, 1.82) is 0 Å². The number of amides is 1. The van der Waals surface area contributed by atoms with Gasteiger partial charge in [-0.15, -0.1) is 10.2 Å². The Morgan fingerprint density at radius 1 is 1.10 bits per heavy atom. The third-order valence-electron chi connectivity index (χ3n) is 5.27. The summed E-state index contributed by atoms with van der Waals surface area (Å²) in [6, 6.07) is 10.4. The maximum absolute atomic E-state index is 12.5. The topological polar surface area (TPSA) is 90.7 Å². The Morgan fingerprint density at radius 3 is 2.53 bits per heavy atom. The van der Waals surface area contributed by atoms with Gasteiger partial charge in [-0.3, -0.25) is 9.79 Å². The maximum atomic E-state index is 12.5. The van der Waals surface area contributed by atoms with Crippen molar-refractivity contribution in [3.05, 3.63) is 42.5 Å². The Morgan fingerprint density at radius 2 is 1.83 bits per heavy atom. The highest BCUT2D eigenvalue weighted by Gasteiger charge is 2.20. The minimum absolute atomic E-state index is 0.183. The Kier molecular flexibility index (Phi) is 8.05. The SMILES string of the molecule is CCc1nncn1CCNC(=NC)NCCC(=O)N1CCN(c2ccccc2)CC1. The van der Waals surface area contributed by atoms with E-state index in [0.717, 1.165) is 45.0 Å². The van der Waals surface area contributed by atoms with Crippen LogP contribution in [0.2, 0.25) is 0 Å². The summed E-state index contributed by atoms with van der Waals surface area (Å²) in [6.45, 7) is 7.36. The van der Waals surface area contributed by atoms with Crippen molar-refractivity contribution >= 4 is 17.6 Å². The van der Waals surface area contributed by atoms with Gasteiger partial charge in [0.1, 0.15) is 12.2 Å². The fraction of sp³-hybridized carbons (Fsp3) is 0.524. The maximum Gasteiger partial charge on any atom is 0.224 e. The highest BCUT2D eigenvalue weighted by Crippen LogP contribution is 2.15. The van der Waals surface area contributed by atoms with Crippen molar-refractivity contribution in [3.63, 3.8) is 0 Å². The summed E-state index contributed by atoms with van der Waals surface area (Å²) in [5.74, 6) is 1.85. The van der Waals surface area contributed by atoms with Gasteiger partial charge in [0, 0.05) is 71.4 Å². The van der Waals surface area contributed by atoms with Crippen LogP contribution in [0.3, 0.4) is 0 Å². The quantitative estimate of drug-likeness (QED) is 0.491. The van der Waals surface area contributed by atoms with E-state index in [-0.39, 0.29) is 5.91 Å². The van der Waals surface area contributed by atoms with E-state index in [1.54, 1.807) is 13.4 Å². The standard InChI is InChI=1S/C21H32N8O/c1-3-19-26-25-17-29(19)12-11-24-21(22-2)23-10-9-20(30)28-15-13-27(14-16-28)18-7-5-4-6-8-18/h4-8,17H,3,9-16H2,1-2H3,(H2,22,23,24). The van der Waals surface area contributed by atoms with Crippen LogP contribution in [-0.4, -0.2) is 77.8 Å². The number of hydrogen-bond acceptors (Lipinski definition) is 5. The number of aliphatic imine (C=N–C) groups is 1. The zero-order valence-corrected chi connectivity index (χ0v) is 17.9. The van der Waals surface area contributed by atoms with Crippen molar-refractivity contribution in [3.8, 4) is 0 Å². The fourth-order valence-corrected chi connectivity index (χ4v) is 3.55. The zero-order valence-electron chi connectivity index (χ0n) is 17.9. The van der Waals surface area contributed by atoms with Crippen LogP contribution in [0.15, 0.2) is 41.7 Å². The summed E-state index contributed by atoms with van der Waals surface area (Å²) in [5, 5.41) is 14.5. The van der Waals surface area contributed by atoms with Crippen LogP contribution in [-0.2, 0) is 17.8 Å². The molecule has 1 amide bonds. The van der Waals surface area contributed by atoms with Crippen LogP contribution in [0, 0.1) is 0 Å². The van der Waals surface area contributed by atoms with Gasteiger partial charge in [-0.25, -0.2) is 0 Å². The number of carbonyl (C=O) groups excluding carboxylic acids is 1. The summed E-state index contributed by atoms with van der Waals surface area (Å²) in [4.78, 5) is 21.0. The Hall–Kier alpha value is -3.10. The first kappa shape index (κ1) is 21.6. The molecular weight excluding hydrogens is 380 g/mol. The molecule has 30 heavy (non-hydrogen) atoms. The van der Waals surface area contributed by atoms with E-state index in [4.69, 9.17) is 0 Å². The molecule has 3 rings (SSSR count). The molecule has 162 valence electrons. The lowest BCUT2D eigenvalue weighted by atomic mass is 10.2. The van der Waals surface area contributed by atoms with Crippen LogP contribution < -0.4 is 15.5 Å². The molecule has 1 saturated heterocycles. The van der Waals surface area contributed by atoms with Gasteiger partial charge in [0.15, 0.2) is 5.96 Å². The van der Waals surface area contributed by atoms with E-state index >= 15 is 0 Å². The van der Waals surface area contributed by atoms with Gasteiger partial charge in [-0.1, -0.05) is 25.1 Å². The molecule has 1 fully saturated rings. The molecule has 1 aliphatic heterocycles. The third kappa shape index (κ3) is 5.95. The number of hydrogen-bond donors (Lipinski definition) is 2. The van der Waals surface area contributed by atoms with E-state index in [0.29, 0.717) is 25.5 Å². The van der Waals surface area contributed by atoms with Gasteiger partial charge < -0.3 is 25.0 Å². The van der Waals surface area contributed by atoms with Gasteiger partial charge in [0.05, 0.1) is 0 Å².